The van der Waals surface area contributed by atoms with Crippen molar-refractivity contribution in [3.8, 4) is 5.75 Å². The van der Waals surface area contributed by atoms with E-state index in [1.54, 1.807) is 36.4 Å². The van der Waals surface area contributed by atoms with E-state index in [0.717, 1.165) is 5.56 Å². The van der Waals surface area contributed by atoms with Gasteiger partial charge in [-0.15, -0.1) is 0 Å². The number of sulfone groups is 1. The van der Waals surface area contributed by atoms with Crippen LogP contribution in [0, 0.1) is 5.82 Å². The van der Waals surface area contributed by atoms with Gasteiger partial charge in [-0.1, -0.05) is 23.7 Å². The number of ether oxygens (including phenoxy) is 1. The van der Waals surface area contributed by atoms with Crippen molar-refractivity contribution in [3.05, 3.63) is 64.9 Å². The smallest absolute Gasteiger partial charge is 0.151 e. The van der Waals surface area contributed by atoms with E-state index in [1.807, 2.05) is 4.90 Å². The summed E-state index contributed by atoms with van der Waals surface area (Å²) in [6.45, 7) is 0.640. The van der Waals surface area contributed by atoms with Crippen LogP contribution in [0.3, 0.4) is 0 Å². The first-order valence-corrected chi connectivity index (χ1v) is 11.3. The summed E-state index contributed by atoms with van der Waals surface area (Å²) in [5, 5.41) is 11.0. The Morgan fingerprint density at radius 1 is 1.25 bits per heavy atom. The maximum Gasteiger partial charge on any atom is 0.151 e. The number of rotatable bonds is 8. The summed E-state index contributed by atoms with van der Waals surface area (Å²) in [5.74, 6) is 0.425. The van der Waals surface area contributed by atoms with Crippen LogP contribution in [0.15, 0.2) is 48.5 Å². The second-order valence-electron chi connectivity index (χ2n) is 7.03. The van der Waals surface area contributed by atoms with Crippen LogP contribution in [-0.2, 0) is 16.4 Å². The number of nitrogens with zero attached hydrogens (tertiary/aromatic N) is 1. The summed E-state index contributed by atoms with van der Waals surface area (Å²) >= 11 is 5.84. The lowest BCUT2D eigenvalue weighted by molar-refractivity contribution is 0.0524. The first kappa shape index (κ1) is 21.0. The molecule has 0 bridgehead atoms. The second kappa shape index (κ2) is 9.22. The molecule has 1 heterocycles. The van der Waals surface area contributed by atoms with E-state index in [2.05, 4.69) is 0 Å². The van der Waals surface area contributed by atoms with Gasteiger partial charge in [0.15, 0.2) is 9.84 Å². The molecule has 0 aliphatic carbocycles. The molecule has 0 spiro atoms. The SMILES string of the molecule is O=S1(=O)CC[C@H](N(Cc2cccc(F)c2)C[C@@H](O)COc2ccc(Cl)cc2)C1. The van der Waals surface area contributed by atoms with Crippen LogP contribution in [0.5, 0.6) is 5.75 Å². The van der Waals surface area contributed by atoms with Gasteiger partial charge in [-0.05, 0) is 48.4 Å². The lowest BCUT2D eigenvalue weighted by atomic mass is 10.1. The van der Waals surface area contributed by atoms with Crippen LogP contribution >= 0.6 is 11.6 Å². The van der Waals surface area contributed by atoms with Crippen molar-refractivity contribution in [3.63, 3.8) is 0 Å². The zero-order chi connectivity index (χ0) is 20.1. The Hall–Kier alpha value is -1.67. The van der Waals surface area contributed by atoms with Gasteiger partial charge in [0.25, 0.3) is 0 Å². The normalized spacial score (nSPS) is 19.6. The Balaban J connectivity index is 1.64. The number of aliphatic hydroxyl groups excluding tert-OH is 1. The van der Waals surface area contributed by atoms with Crippen LogP contribution in [0.25, 0.3) is 0 Å². The highest BCUT2D eigenvalue weighted by molar-refractivity contribution is 7.91. The predicted octanol–water partition coefficient (Wildman–Crippen LogP) is 2.91. The Bertz CT molecular complexity index is 891. The maximum absolute atomic E-state index is 13.5. The van der Waals surface area contributed by atoms with Crippen molar-refractivity contribution >= 4 is 21.4 Å². The lowest BCUT2D eigenvalue weighted by Gasteiger charge is -2.30. The first-order valence-electron chi connectivity index (χ1n) is 9.06. The fourth-order valence-electron chi connectivity index (χ4n) is 3.32. The van der Waals surface area contributed by atoms with E-state index >= 15 is 0 Å². The average molecular weight is 428 g/mol. The van der Waals surface area contributed by atoms with Gasteiger partial charge in [0.05, 0.1) is 11.5 Å². The summed E-state index contributed by atoms with van der Waals surface area (Å²) in [6, 6.07) is 12.8. The van der Waals surface area contributed by atoms with Crippen molar-refractivity contribution < 1.29 is 22.7 Å². The third-order valence-corrected chi connectivity index (χ3v) is 6.70. The molecule has 2 aromatic rings. The van der Waals surface area contributed by atoms with Gasteiger partial charge in [0.1, 0.15) is 24.3 Å². The molecule has 8 heteroatoms. The molecule has 0 radical (unpaired) electrons. The van der Waals surface area contributed by atoms with Gasteiger partial charge < -0.3 is 9.84 Å². The highest BCUT2D eigenvalue weighted by Gasteiger charge is 2.33. The zero-order valence-electron chi connectivity index (χ0n) is 15.3. The van der Waals surface area contributed by atoms with Gasteiger partial charge in [-0.2, -0.15) is 0 Å². The van der Waals surface area contributed by atoms with Gasteiger partial charge in [0.2, 0.25) is 0 Å². The summed E-state index contributed by atoms with van der Waals surface area (Å²) < 4.78 is 42.9. The number of hydrogen-bond acceptors (Lipinski definition) is 5. The van der Waals surface area contributed by atoms with E-state index in [4.69, 9.17) is 16.3 Å². The monoisotopic (exact) mass is 427 g/mol. The van der Waals surface area contributed by atoms with Gasteiger partial charge in [0, 0.05) is 24.2 Å². The van der Waals surface area contributed by atoms with Crippen LogP contribution in [0.4, 0.5) is 4.39 Å². The van der Waals surface area contributed by atoms with Crippen molar-refractivity contribution in [2.75, 3.05) is 24.7 Å². The molecular weight excluding hydrogens is 405 g/mol. The van der Waals surface area contributed by atoms with Crippen LogP contribution < -0.4 is 4.74 Å². The minimum atomic E-state index is -3.08. The van der Waals surface area contributed by atoms with Crippen molar-refractivity contribution in [2.45, 2.75) is 25.1 Å². The van der Waals surface area contributed by atoms with Gasteiger partial charge in [-0.3, -0.25) is 4.90 Å². The molecule has 152 valence electrons. The van der Waals surface area contributed by atoms with Crippen molar-refractivity contribution in [1.82, 2.24) is 4.90 Å². The number of hydrogen-bond donors (Lipinski definition) is 1. The largest absolute Gasteiger partial charge is 0.491 e. The van der Waals surface area contributed by atoms with E-state index in [-0.39, 0.29) is 36.5 Å². The van der Waals surface area contributed by atoms with Crippen molar-refractivity contribution in [1.29, 1.82) is 0 Å². The molecule has 5 nitrogen and oxygen atoms in total. The zero-order valence-corrected chi connectivity index (χ0v) is 16.9. The molecule has 2 atom stereocenters. The lowest BCUT2D eigenvalue weighted by Crippen LogP contribution is -2.42. The standard InChI is InChI=1S/C20H23ClFNO4S/c21-16-4-6-20(7-5-16)27-13-19(24)12-23(18-8-9-28(25,26)14-18)11-15-2-1-3-17(22)10-15/h1-7,10,18-19,24H,8-9,11-14H2/t18-,19+/m0/s1. The summed E-state index contributed by atoms with van der Waals surface area (Å²) in [4.78, 5) is 1.90. The predicted molar refractivity (Wildman–Crippen MR) is 107 cm³/mol. The Kier molecular flexibility index (Phi) is 6.93. The van der Waals surface area contributed by atoms with Crippen LogP contribution in [0.1, 0.15) is 12.0 Å². The number of aliphatic hydroxyl groups is 1. The number of benzene rings is 2. The minimum Gasteiger partial charge on any atom is -0.491 e. The molecule has 0 saturated carbocycles. The molecule has 1 saturated heterocycles. The fraction of sp³-hybridized carbons (Fsp3) is 0.400. The molecule has 0 aromatic heterocycles. The molecule has 3 rings (SSSR count). The molecule has 28 heavy (non-hydrogen) atoms. The highest BCUT2D eigenvalue weighted by atomic mass is 35.5. The Labute approximate surface area is 169 Å². The molecular formula is C20H23ClFNO4S. The fourth-order valence-corrected chi connectivity index (χ4v) is 5.21. The molecule has 1 N–H and O–H groups in total. The van der Waals surface area contributed by atoms with E-state index < -0.39 is 15.9 Å². The van der Waals surface area contributed by atoms with E-state index in [9.17, 15) is 17.9 Å². The van der Waals surface area contributed by atoms with Crippen LogP contribution in [0.2, 0.25) is 5.02 Å². The third kappa shape index (κ3) is 6.17. The summed E-state index contributed by atoms with van der Waals surface area (Å²) in [7, 11) is -3.08. The molecule has 2 aromatic carbocycles. The molecule has 0 amide bonds. The second-order valence-corrected chi connectivity index (χ2v) is 9.70. The Morgan fingerprint density at radius 3 is 2.64 bits per heavy atom. The topological polar surface area (TPSA) is 66.8 Å². The maximum atomic E-state index is 13.5. The highest BCUT2D eigenvalue weighted by Crippen LogP contribution is 2.21. The summed E-state index contributed by atoms with van der Waals surface area (Å²) in [6.07, 6.45) is -0.324. The molecule has 0 unspecified atom stereocenters. The number of halogens is 2. The Morgan fingerprint density at radius 2 is 2.00 bits per heavy atom. The third-order valence-electron chi connectivity index (χ3n) is 4.70. The first-order chi connectivity index (χ1) is 13.3. The quantitative estimate of drug-likeness (QED) is 0.701. The van der Waals surface area contributed by atoms with E-state index in [0.29, 0.717) is 23.7 Å². The molecule has 1 aliphatic heterocycles. The van der Waals surface area contributed by atoms with Crippen LogP contribution in [-0.4, -0.2) is 55.2 Å². The van der Waals surface area contributed by atoms with Crippen molar-refractivity contribution in [2.24, 2.45) is 0 Å². The summed E-state index contributed by atoms with van der Waals surface area (Å²) in [5.41, 5.74) is 0.732. The van der Waals surface area contributed by atoms with Gasteiger partial charge >= 0.3 is 0 Å². The molecule has 1 fully saturated rings. The molecule has 1 aliphatic rings. The average Bonchev–Trinajstić information content (AvgIpc) is 3.01. The van der Waals surface area contributed by atoms with E-state index in [1.165, 1.54) is 12.1 Å². The minimum absolute atomic E-state index is 0.0487. The van der Waals surface area contributed by atoms with Gasteiger partial charge in [-0.25, -0.2) is 12.8 Å².